The maximum Gasteiger partial charge on any atom is 0.435 e. The van der Waals surface area contributed by atoms with Crippen LogP contribution >= 0.6 is 23.2 Å². The lowest BCUT2D eigenvalue weighted by Gasteiger charge is -2.15. The first-order chi connectivity index (χ1) is 13.0. The third-order valence-corrected chi connectivity index (χ3v) is 4.89. The molecular weight excluding hydrogens is 421 g/mol. The molecule has 0 aliphatic heterocycles. The van der Waals surface area contributed by atoms with Gasteiger partial charge in [-0.1, -0.05) is 53.5 Å². The fourth-order valence-electron chi connectivity index (χ4n) is 2.91. The summed E-state index contributed by atoms with van der Waals surface area (Å²) in [7, 11) is 1.19. The molecule has 1 aromatic heterocycles. The molecule has 1 amide bonds. The number of rotatable bonds is 3. The smallest absolute Gasteiger partial charge is 0.365 e. The molecule has 4 nitrogen and oxygen atoms in total. The number of primary amides is 1. The van der Waals surface area contributed by atoms with E-state index in [2.05, 4.69) is 5.10 Å². The summed E-state index contributed by atoms with van der Waals surface area (Å²) in [4.78, 5) is 11.9. The summed E-state index contributed by atoms with van der Waals surface area (Å²) in [6.07, 6.45) is -4.94. The van der Waals surface area contributed by atoms with Crippen LogP contribution in [0.3, 0.4) is 0 Å². The Bertz CT molecular complexity index is 1080. The second-order valence-electron chi connectivity index (χ2n) is 5.83. The number of alkyl halides is 3. The molecule has 0 aliphatic rings. The van der Waals surface area contributed by atoms with Gasteiger partial charge in [0.2, 0.25) is 0 Å². The van der Waals surface area contributed by atoms with Crippen LogP contribution in [0.1, 0.15) is 16.1 Å². The summed E-state index contributed by atoms with van der Waals surface area (Å²) in [6, 6.07) is 9.25. The number of aromatic nitrogens is 2. The molecule has 0 unspecified atom stereocenters. The van der Waals surface area contributed by atoms with Crippen LogP contribution in [0.15, 0.2) is 36.4 Å². The molecule has 146 valence electrons. The van der Waals surface area contributed by atoms with Gasteiger partial charge in [0.15, 0.2) is 5.69 Å². The molecule has 0 saturated heterocycles. The summed E-state index contributed by atoms with van der Waals surface area (Å²) in [5.74, 6) is -2.22. The predicted molar refractivity (Wildman–Crippen MR) is 97.6 cm³/mol. The molecule has 0 aliphatic carbocycles. The Hall–Kier alpha value is -2.58. The molecule has 3 rings (SSSR count). The quantitative estimate of drug-likeness (QED) is 0.450. The fraction of sp³-hybridized carbons (Fsp3) is 0.111. The molecule has 0 spiro atoms. The van der Waals surface area contributed by atoms with Crippen molar-refractivity contribution in [2.24, 2.45) is 12.8 Å². The zero-order valence-corrected chi connectivity index (χ0v) is 15.6. The van der Waals surface area contributed by atoms with Gasteiger partial charge in [-0.3, -0.25) is 9.48 Å². The number of carbonyl (C=O) groups is 1. The SMILES string of the molecule is Cn1nc(C(F)(F)F)c(C(N)=O)c1-c1c(-c2ccccc2)cc(F)c(Cl)c1Cl. The van der Waals surface area contributed by atoms with Crippen molar-refractivity contribution in [3.63, 3.8) is 0 Å². The number of aryl methyl sites for hydroxylation is 1. The van der Waals surface area contributed by atoms with Gasteiger partial charge in [-0.25, -0.2) is 4.39 Å². The first kappa shape index (κ1) is 20.2. The van der Waals surface area contributed by atoms with Gasteiger partial charge >= 0.3 is 6.18 Å². The summed E-state index contributed by atoms with van der Waals surface area (Å²) in [5, 5.41) is 2.54. The molecule has 0 saturated carbocycles. The van der Waals surface area contributed by atoms with Crippen molar-refractivity contribution in [3.8, 4) is 22.4 Å². The largest absolute Gasteiger partial charge is 0.435 e. The van der Waals surface area contributed by atoms with E-state index < -0.39 is 34.2 Å². The van der Waals surface area contributed by atoms with E-state index >= 15 is 0 Å². The van der Waals surface area contributed by atoms with Crippen molar-refractivity contribution in [2.75, 3.05) is 0 Å². The molecular formula is C18H11Cl2F4N3O. The molecule has 0 radical (unpaired) electrons. The number of hydrogen-bond acceptors (Lipinski definition) is 2. The third kappa shape index (κ3) is 3.33. The van der Waals surface area contributed by atoms with Crippen molar-refractivity contribution >= 4 is 29.1 Å². The van der Waals surface area contributed by atoms with Gasteiger partial charge in [0.05, 0.1) is 21.3 Å². The van der Waals surface area contributed by atoms with Gasteiger partial charge in [-0.15, -0.1) is 0 Å². The number of halogens is 6. The highest BCUT2D eigenvalue weighted by Crippen LogP contribution is 2.45. The van der Waals surface area contributed by atoms with Crippen LogP contribution in [0, 0.1) is 5.82 Å². The maximum atomic E-state index is 14.3. The number of hydrogen-bond donors (Lipinski definition) is 1. The van der Waals surface area contributed by atoms with E-state index in [9.17, 15) is 22.4 Å². The lowest BCUT2D eigenvalue weighted by molar-refractivity contribution is -0.141. The van der Waals surface area contributed by atoms with Gasteiger partial charge < -0.3 is 5.73 Å². The number of benzene rings is 2. The minimum Gasteiger partial charge on any atom is -0.365 e. The van der Waals surface area contributed by atoms with Gasteiger partial charge in [0, 0.05) is 12.6 Å². The zero-order valence-electron chi connectivity index (χ0n) is 14.1. The van der Waals surface area contributed by atoms with E-state index in [1.807, 2.05) is 0 Å². The van der Waals surface area contributed by atoms with Gasteiger partial charge in [0.1, 0.15) is 5.82 Å². The van der Waals surface area contributed by atoms with Gasteiger partial charge in [0.25, 0.3) is 5.91 Å². The van der Waals surface area contributed by atoms with Crippen LogP contribution in [0.25, 0.3) is 22.4 Å². The highest BCUT2D eigenvalue weighted by Gasteiger charge is 2.41. The van der Waals surface area contributed by atoms with Gasteiger partial charge in [-0.2, -0.15) is 18.3 Å². The lowest BCUT2D eigenvalue weighted by Crippen LogP contribution is -2.18. The molecule has 0 atom stereocenters. The molecule has 0 bridgehead atoms. The summed E-state index contributed by atoms with van der Waals surface area (Å²) in [6.45, 7) is 0. The third-order valence-electron chi connectivity index (χ3n) is 4.05. The summed E-state index contributed by atoms with van der Waals surface area (Å²) < 4.78 is 55.2. The molecule has 10 heteroatoms. The van der Waals surface area contributed by atoms with Crippen molar-refractivity contribution in [1.29, 1.82) is 0 Å². The minimum absolute atomic E-state index is 0.0847. The molecule has 1 heterocycles. The Kier molecular flexibility index (Phi) is 5.12. The van der Waals surface area contributed by atoms with Crippen LogP contribution in [0.5, 0.6) is 0 Å². The van der Waals surface area contributed by atoms with E-state index in [0.29, 0.717) is 5.56 Å². The number of amides is 1. The van der Waals surface area contributed by atoms with Crippen molar-refractivity contribution < 1.29 is 22.4 Å². The molecule has 2 N–H and O–H groups in total. The maximum absolute atomic E-state index is 14.3. The van der Waals surface area contributed by atoms with E-state index in [1.165, 1.54) is 7.05 Å². The van der Waals surface area contributed by atoms with Gasteiger partial charge in [-0.05, 0) is 17.2 Å². The Labute approximate surface area is 166 Å². The average Bonchev–Trinajstić information content (AvgIpc) is 2.98. The number of carbonyl (C=O) groups excluding carboxylic acids is 1. The molecule has 2 aromatic carbocycles. The Morgan fingerprint density at radius 3 is 2.29 bits per heavy atom. The highest BCUT2D eigenvalue weighted by molar-refractivity contribution is 6.44. The predicted octanol–water partition coefficient (Wildman–Crippen LogP) is 5.32. The monoisotopic (exact) mass is 431 g/mol. The summed E-state index contributed by atoms with van der Waals surface area (Å²) >= 11 is 12.1. The first-order valence-electron chi connectivity index (χ1n) is 7.71. The van der Waals surface area contributed by atoms with Crippen LogP contribution in [0.2, 0.25) is 10.0 Å². The fourth-order valence-corrected chi connectivity index (χ4v) is 3.35. The highest BCUT2D eigenvalue weighted by atomic mass is 35.5. The van der Waals surface area contributed by atoms with Crippen molar-refractivity contribution in [2.45, 2.75) is 6.18 Å². The van der Waals surface area contributed by atoms with E-state index in [-0.39, 0.29) is 21.8 Å². The minimum atomic E-state index is -4.94. The lowest BCUT2D eigenvalue weighted by atomic mass is 9.94. The van der Waals surface area contributed by atoms with E-state index in [1.54, 1.807) is 30.3 Å². The second-order valence-corrected chi connectivity index (χ2v) is 6.59. The molecule has 3 aromatic rings. The van der Waals surface area contributed by atoms with Crippen molar-refractivity contribution in [1.82, 2.24) is 9.78 Å². The number of nitrogens with two attached hydrogens (primary N) is 1. The van der Waals surface area contributed by atoms with Crippen LogP contribution < -0.4 is 5.73 Å². The van der Waals surface area contributed by atoms with Crippen LogP contribution in [0.4, 0.5) is 17.6 Å². The normalized spacial score (nSPS) is 11.7. The van der Waals surface area contributed by atoms with E-state index in [4.69, 9.17) is 28.9 Å². The Balaban J connectivity index is 2.48. The Morgan fingerprint density at radius 2 is 1.75 bits per heavy atom. The number of nitrogens with zero attached hydrogens (tertiary/aromatic N) is 2. The van der Waals surface area contributed by atoms with Crippen LogP contribution in [-0.4, -0.2) is 15.7 Å². The molecule has 0 fully saturated rings. The average molecular weight is 432 g/mol. The topological polar surface area (TPSA) is 60.9 Å². The summed E-state index contributed by atoms with van der Waals surface area (Å²) in [5.41, 5.74) is 3.06. The van der Waals surface area contributed by atoms with Crippen molar-refractivity contribution in [3.05, 3.63) is 63.5 Å². The zero-order chi connectivity index (χ0) is 20.8. The standard InChI is InChI=1S/C18H11Cl2F4N3O/c1-27-15(12(17(25)28)16(26-27)18(22,23)24)11-9(8-5-3-2-4-6-8)7-10(21)13(19)14(11)20/h2-7H,1H3,(H2,25,28). The first-order valence-corrected chi connectivity index (χ1v) is 8.47. The van der Waals surface area contributed by atoms with Crippen LogP contribution in [-0.2, 0) is 13.2 Å². The second kappa shape index (κ2) is 7.10. The molecule has 28 heavy (non-hydrogen) atoms. The van der Waals surface area contributed by atoms with E-state index in [0.717, 1.165) is 10.7 Å². The Morgan fingerprint density at radius 1 is 1.14 bits per heavy atom.